The number of nitrogens with zero attached hydrogens (tertiary/aromatic N) is 1. The SMILES string of the molecule is O=C(CCN1Cc2ccccc2C1)NC(C1CCNCC1)C1CC(O)C1. The molecule has 0 spiro atoms. The summed E-state index contributed by atoms with van der Waals surface area (Å²) in [6.07, 6.45) is 4.33. The van der Waals surface area contributed by atoms with Gasteiger partial charge in [0.25, 0.3) is 0 Å². The molecule has 1 aromatic carbocycles. The van der Waals surface area contributed by atoms with Crippen LogP contribution in [-0.4, -0.2) is 47.7 Å². The van der Waals surface area contributed by atoms with Crippen LogP contribution in [0.1, 0.15) is 43.2 Å². The summed E-state index contributed by atoms with van der Waals surface area (Å²) >= 11 is 0. The van der Waals surface area contributed by atoms with Crippen LogP contribution in [0.3, 0.4) is 0 Å². The van der Waals surface area contributed by atoms with Gasteiger partial charge in [0, 0.05) is 32.1 Å². The van der Waals surface area contributed by atoms with Gasteiger partial charge in [0.05, 0.1) is 6.10 Å². The van der Waals surface area contributed by atoms with Crippen molar-refractivity contribution in [2.45, 2.75) is 57.3 Å². The number of carbonyl (C=O) groups is 1. The standard InChI is InChI=1S/C21H31N3O2/c25-19-11-18(12-19)21(15-5-8-22-9-6-15)23-20(26)7-10-24-13-16-3-1-2-4-17(16)14-24/h1-4,15,18-19,21-22,25H,5-14H2,(H,23,26). The largest absolute Gasteiger partial charge is 0.393 e. The van der Waals surface area contributed by atoms with Crippen molar-refractivity contribution >= 4 is 5.91 Å². The number of hydrogen-bond donors (Lipinski definition) is 3. The van der Waals surface area contributed by atoms with Crippen molar-refractivity contribution in [3.63, 3.8) is 0 Å². The van der Waals surface area contributed by atoms with E-state index in [-0.39, 0.29) is 18.1 Å². The van der Waals surface area contributed by atoms with Crippen LogP contribution in [0.25, 0.3) is 0 Å². The van der Waals surface area contributed by atoms with E-state index in [0.29, 0.717) is 18.3 Å². The minimum Gasteiger partial charge on any atom is -0.393 e. The maximum absolute atomic E-state index is 12.6. The van der Waals surface area contributed by atoms with Crippen molar-refractivity contribution in [3.8, 4) is 0 Å². The zero-order valence-electron chi connectivity index (χ0n) is 15.5. The number of piperidine rings is 1. The van der Waals surface area contributed by atoms with E-state index in [1.54, 1.807) is 0 Å². The highest BCUT2D eigenvalue weighted by Gasteiger charge is 2.39. The highest BCUT2D eigenvalue weighted by atomic mass is 16.3. The summed E-state index contributed by atoms with van der Waals surface area (Å²) in [6, 6.07) is 8.79. The van der Waals surface area contributed by atoms with E-state index < -0.39 is 0 Å². The second-order valence-electron chi connectivity index (χ2n) is 8.30. The van der Waals surface area contributed by atoms with Gasteiger partial charge in [-0.15, -0.1) is 0 Å². The van der Waals surface area contributed by atoms with Gasteiger partial charge in [-0.1, -0.05) is 24.3 Å². The second kappa shape index (κ2) is 8.07. The molecular formula is C21H31N3O2. The van der Waals surface area contributed by atoms with Gasteiger partial charge in [0.15, 0.2) is 0 Å². The highest BCUT2D eigenvalue weighted by molar-refractivity contribution is 5.76. The number of benzene rings is 1. The molecule has 142 valence electrons. The van der Waals surface area contributed by atoms with Crippen LogP contribution in [-0.2, 0) is 17.9 Å². The Balaban J connectivity index is 1.28. The molecule has 2 fully saturated rings. The molecule has 1 aromatic rings. The third kappa shape index (κ3) is 4.11. The summed E-state index contributed by atoms with van der Waals surface area (Å²) in [6.45, 7) is 4.80. The molecule has 1 unspecified atom stereocenters. The molecule has 1 amide bonds. The molecule has 1 saturated carbocycles. The Bertz CT molecular complexity index is 598. The molecule has 0 bridgehead atoms. The molecule has 5 heteroatoms. The van der Waals surface area contributed by atoms with Gasteiger partial charge >= 0.3 is 0 Å². The summed E-state index contributed by atoms with van der Waals surface area (Å²) in [4.78, 5) is 15.0. The fraction of sp³-hybridized carbons (Fsp3) is 0.667. The third-order valence-electron chi connectivity index (χ3n) is 6.44. The average molecular weight is 357 g/mol. The van der Waals surface area contributed by atoms with E-state index >= 15 is 0 Å². The molecule has 5 nitrogen and oxygen atoms in total. The average Bonchev–Trinajstić information content (AvgIpc) is 3.06. The Morgan fingerprint density at radius 1 is 1.15 bits per heavy atom. The van der Waals surface area contributed by atoms with E-state index in [4.69, 9.17) is 0 Å². The monoisotopic (exact) mass is 357 g/mol. The summed E-state index contributed by atoms with van der Waals surface area (Å²) in [5.74, 6) is 1.17. The molecule has 3 aliphatic rings. The molecule has 2 aliphatic heterocycles. The van der Waals surface area contributed by atoms with Crippen molar-refractivity contribution in [3.05, 3.63) is 35.4 Å². The van der Waals surface area contributed by atoms with Crippen LogP contribution < -0.4 is 10.6 Å². The van der Waals surface area contributed by atoms with Gasteiger partial charge in [0.1, 0.15) is 0 Å². The molecule has 1 atom stereocenters. The maximum Gasteiger partial charge on any atom is 0.221 e. The first-order chi connectivity index (χ1) is 12.7. The van der Waals surface area contributed by atoms with Crippen LogP contribution in [0.15, 0.2) is 24.3 Å². The minimum atomic E-state index is -0.163. The fourth-order valence-corrected chi connectivity index (χ4v) is 4.83. The van der Waals surface area contributed by atoms with E-state index in [9.17, 15) is 9.90 Å². The van der Waals surface area contributed by atoms with E-state index in [0.717, 1.165) is 58.4 Å². The van der Waals surface area contributed by atoms with Crippen molar-refractivity contribution < 1.29 is 9.90 Å². The van der Waals surface area contributed by atoms with Crippen molar-refractivity contribution in [1.82, 2.24) is 15.5 Å². The number of aliphatic hydroxyl groups excluding tert-OH is 1. The number of nitrogens with one attached hydrogen (secondary N) is 2. The molecule has 1 saturated heterocycles. The topological polar surface area (TPSA) is 64.6 Å². The van der Waals surface area contributed by atoms with Crippen LogP contribution in [0.5, 0.6) is 0 Å². The Hall–Kier alpha value is -1.43. The van der Waals surface area contributed by atoms with Crippen molar-refractivity contribution in [1.29, 1.82) is 0 Å². The molecule has 26 heavy (non-hydrogen) atoms. The Kier molecular flexibility index (Phi) is 5.57. The number of hydrogen-bond acceptors (Lipinski definition) is 4. The van der Waals surface area contributed by atoms with Gasteiger partial charge in [-0.25, -0.2) is 0 Å². The molecule has 4 rings (SSSR count). The summed E-state index contributed by atoms with van der Waals surface area (Å²) in [7, 11) is 0. The molecule has 2 heterocycles. The zero-order valence-corrected chi connectivity index (χ0v) is 15.5. The quantitative estimate of drug-likeness (QED) is 0.724. The van der Waals surface area contributed by atoms with Crippen LogP contribution in [0.2, 0.25) is 0 Å². The number of fused-ring (bicyclic) bond motifs is 1. The van der Waals surface area contributed by atoms with Crippen LogP contribution >= 0.6 is 0 Å². The lowest BCUT2D eigenvalue weighted by molar-refractivity contribution is -0.124. The van der Waals surface area contributed by atoms with E-state index in [1.807, 2.05) is 0 Å². The van der Waals surface area contributed by atoms with E-state index in [2.05, 4.69) is 39.8 Å². The fourth-order valence-electron chi connectivity index (χ4n) is 4.83. The van der Waals surface area contributed by atoms with Crippen molar-refractivity contribution in [2.75, 3.05) is 19.6 Å². The highest BCUT2D eigenvalue weighted by Crippen LogP contribution is 2.35. The van der Waals surface area contributed by atoms with E-state index in [1.165, 1.54) is 11.1 Å². The minimum absolute atomic E-state index is 0.163. The molecule has 0 radical (unpaired) electrons. The number of rotatable bonds is 6. The van der Waals surface area contributed by atoms with Gasteiger partial charge in [-0.2, -0.15) is 0 Å². The number of aliphatic hydroxyl groups is 1. The van der Waals surface area contributed by atoms with Gasteiger partial charge in [0.2, 0.25) is 5.91 Å². The predicted molar refractivity (Wildman–Crippen MR) is 101 cm³/mol. The van der Waals surface area contributed by atoms with Crippen molar-refractivity contribution in [2.24, 2.45) is 11.8 Å². The zero-order chi connectivity index (χ0) is 17.9. The van der Waals surface area contributed by atoms with Gasteiger partial charge < -0.3 is 15.7 Å². The maximum atomic E-state index is 12.6. The summed E-state index contributed by atoms with van der Waals surface area (Å²) in [5, 5.41) is 16.5. The third-order valence-corrected chi connectivity index (χ3v) is 6.44. The lowest BCUT2D eigenvalue weighted by Crippen LogP contribution is -2.53. The Morgan fingerprint density at radius 2 is 1.81 bits per heavy atom. The normalized spacial score (nSPS) is 27.6. The number of carbonyl (C=O) groups excluding carboxylic acids is 1. The Labute approximate surface area is 156 Å². The first kappa shape index (κ1) is 18.0. The molecule has 0 aromatic heterocycles. The van der Waals surface area contributed by atoms with Gasteiger partial charge in [-0.3, -0.25) is 9.69 Å². The summed E-state index contributed by atoms with van der Waals surface area (Å²) in [5.41, 5.74) is 2.79. The lowest BCUT2D eigenvalue weighted by Gasteiger charge is -2.43. The second-order valence-corrected chi connectivity index (χ2v) is 8.30. The Morgan fingerprint density at radius 3 is 2.42 bits per heavy atom. The smallest absolute Gasteiger partial charge is 0.221 e. The molecular weight excluding hydrogens is 326 g/mol. The van der Waals surface area contributed by atoms with Crippen LogP contribution in [0.4, 0.5) is 0 Å². The lowest BCUT2D eigenvalue weighted by atomic mass is 9.71. The molecule has 3 N–H and O–H groups in total. The first-order valence-electron chi connectivity index (χ1n) is 10.2. The summed E-state index contributed by atoms with van der Waals surface area (Å²) < 4.78 is 0. The predicted octanol–water partition coefficient (Wildman–Crippen LogP) is 1.65. The molecule has 1 aliphatic carbocycles. The first-order valence-corrected chi connectivity index (χ1v) is 10.2. The van der Waals surface area contributed by atoms with Crippen LogP contribution in [0, 0.1) is 11.8 Å². The number of amides is 1. The van der Waals surface area contributed by atoms with Gasteiger partial charge in [-0.05, 0) is 61.7 Å².